The lowest BCUT2D eigenvalue weighted by Gasteiger charge is -2.12. The van der Waals surface area contributed by atoms with Gasteiger partial charge in [0.2, 0.25) is 11.9 Å². The molecule has 0 unspecified atom stereocenters. The lowest BCUT2D eigenvalue weighted by atomic mass is 10.2. The van der Waals surface area contributed by atoms with Crippen LogP contribution in [0.15, 0.2) is 48.5 Å². The number of ether oxygens (including phenoxy) is 1. The van der Waals surface area contributed by atoms with Gasteiger partial charge in [-0.2, -0.15) is 15.0 Å². The van der Waals surface area contributed by atoms with Gasteiger partial charge in [-0.3, -0.25) is 31.3 Å². The molecule has 3 rings (SSSR count). The highest BCUT2D eigenvalue weighted by molar-refractivity contribution is 5.97. The fourth-order valence-corrected chi connectivity index (χ4v) is 2.42. The van der Waals surface area contributed by atoms with Crippen molar-refractivity contribution in [3.8, 4) is 17.5 Å². The fourth-order valence-electron chi connectivity index (χ4n) is 2.42. The van der Waals surface area contributed by atoms with Crippen LogP contribution in [0.25, 0.3) is 0 Å². The molecule has 0 aliphatic carbocycles. The van der Waals surface area contributed by atoms with Gasteiger partial charge in [-0.25, -0.2) is 0 Å². The Hall–Kier alpha value is -4.61. The number of nitrogens with zero attached hydrogens (tertiary/aromatic N) is 3. The minimum absolute atomic E-state index is 0.0461. The van der Waals surface area contributed by atoms with Crippen LogP contribution in [0.2, 0.25) is 0 Å². The number of anilines is 2. The van der Waals surface area contributed by atoms with E-state index in [0.717, 1.165) is 0 Å². The molecule has 2 amide bonds. The van der Waals surface area contributed by atoms with E-state index in [1.54, 1.807) is 24.3 Å². The molecule has 32 heavy (non-hydrogen) atoms. The lowest BCUT2D eigenvalue weighted by Crippen LogP contribution is -2.32. The van der Waals surface area contributed by atoms with Crippen LogP contribution in [-0.4, -0.2) is 43.6 Å². The van der Waals surface area contributed by atoms with Crippen LogP contribution in [0.4, 0.5) is 11.9 Å². The molecule has 12 nitrogen and oxygen atoms in total. The summed E-state index contributed by atoms with van der Waals surface area (Å²) in [6, 6.07) is 12.0. The Morgan fingerprint density at radius 3 is 1.72 bits per heavy atom. The van der Waals surface area contributed by atoms with E-state index in [9.17, 15) is 19.8 Å². The lowest BCUT2D eigenvalue weighted by molar-refractivity contribution is 0.0951. The third kappa shape index (κ3) is 5.72. The number of carbonyl (C=O) groups excluding carboxylic acids is 2. The molecule has 1 heterocycles. The number of hydrogen-bond donors (Lipinski definition) is 6. The number of carbonyl (C=O) groups is 2. The first kappa shape index (κ1) is 22.1. The van der Waals surface area contributed by atoms with E-state index in [1.807, 2.05) is 6.92 Å². The van der Waals surface area contributed by atoms with Crippen LogP contribution >= 0.6 is 0 Å². The van der Waals surface area contributed by atoms with Gasteiger partial charge in [0.1, 0.15) is 11.5 Å². The van der Waals surface area contributed by atoms with Crippen molar-refractivity contribution in [2.75, 3.05) is 17.5 Å². The molecule has 0 spiro atoms. The molecule has 0 radical (unpaired) electrons. The smallest absolute Gasteiger partial charge is 0.323 e. The maximum absolute atomic E-state index is 12.3. The molecule has 0 atom stereocenters. The highest BCUT2D eigenvalue weighted by Crippen LogP contribution is 2.17. The summed E-state index contributed by atoms with van der Waals surface area (Å²) >= 11 is 0. The van der Waals surface area contributed by atoms with Crippen molar-refractivity contribution in [2.24, 2.45) is 0 Å². The number of phenols is 2. The zero-order valence-electron chi connectivity index (χ0n) is 17.0. The summed E-state index contributed by atoms with van der Waals surface area (Å²) in [5.41, 5.74) is 9.83. The van der Waals surface area contributed by atoms with Crippen LogP contribution in [0.1, 0.15) is 34.1 Å². The van der Waals surface area contributed by atoms with Gasteiger partial charge in [0.05, 0.1) is 17.7 Å². The maximum atomic E-state index is 12.3. The summed E-state index contributed by atoms with van der Waals surface area (Å²) in [5, 5.41) is 19.6. The summed E-state index contributed by atoms with van der Waals surface area (Å²) < 4.78 is 5.41. The number of rotatable bonds is 9. The SMILES string of the molecule is CCCOc1nc(NNC(=O)c2ccccc2O)nc(NNC(=O)c2ccccc2O)n1. The molecule has 0 saturated heterocycles. The standard InChI is InChI=1S/C20H21N7O5/c1-2-11-32-20-22-18(26-24-16(30)12-7-3-5-9-14(12)28)21-19(23-20)27-25-17(31)13-8-4-6-10-15(13)29/h3-10,28-29H,2,11H2,1H3,(H,24,30)(H,25,31)(H2,21,22,23,26,27). The van der Waals surface area contributed by atoms with Gasteiger partial charge in [-0.05, 0) is 30.7 Å². The monoisotopic (exact) mass is 439 g/mol. The minimum Gasteiger partial charge on any atom is -0.507 e. The Bertz CT molecular complexity index is 1030. The van der Waals surface area contributed by atoms with E-state index in [0.29, 0.717) is 13.0 Å². The van der Waals surface area contributed by atoms with Gasteiger partial charge in [0.15, 0.2) is 0 Å². The van der Waals surface area contributed by atoms with Gasteiger partial charge in [0, 0.05) is 0 Å². The van der Waals surface area contributed by atoms with Crippen molar-refractivity contribution in [1.82, 2.24) is 25.8 Å². The van der Waals surface area contributed by atoms with E-state index in [1.165, 1.54) is 24.3 Å². The molecular weight excluding hydrogens is 418 g/mol. The average Bonchev–Trinajstić information content (AvgIpc) is 2.80. The number of amides is 2. The van der Waals surface area contributed by atoms with Gasteiger partial charge < -0.3 is 14.9 Å². The molecule has 2 aromatic carbocycles. The average molecular weight is 439 g/mol. The van der Waals surface area contributed by atoms with E-state index in [4.69, 9.17) is 4.74 Å². The van der Waals surface area contributed by atoms with E-state index >= 15 is 0 Å². The molecule has 166 valence electrons. The van der Waals surface area contributed by atoms with E-state index in [2.05, 4.69) is 36.7 Å². The van der Waals surface area contributed by atoms with Crippen molar-refractivity contribution >= 4 is 23.7 Å². The van der Waals surface area contributed by atoms with Crippen molar-refractivity contribution < 1.29 is 24.5 Å². The van der Waals surface area contributed by atoms with Crippen molar-refractivity contribution in [3.63, 3.8) is 0 Å². The number of hydrazine groups is 2. The predicted octanol–water partition coefficient (Wildman–Crippen LogP) is 1.59. The van der Waals surface area contributed by atoms with Gasteiger partial charge in [0.25, 0.3) is 11.8 Å². The Labute approximate surface area is 182 Å². The normalized spacial score (nSPS) is 10.2. The summed E-state index contributed by atoms with van der Waals surface area (Å²) in [7, 11) is 0. The quantitative estimate of drug-likeness (QED) is 0.269. The Balaban J connectivity index is 1.71. The summed E-state index contributed by atoms with van der Waals surface area (Å²) in [6.45, 7) is 2.23. The number of phenolic OH excluding ortho intramolecular Hbond substituents is 2. The second kappa shape index (κ2) is 10.4. The van der Waals surface area contributed by atoms with Crippen LogP contribution in [-0.2, 0) is 0 Å². The highest BCUT2D eigenvalue weighted by atomic mass is 16.5. The zero-order chi connectivity index (χ0) is 22.9. The molecule has 0 aliphatic rings. The number of hydrogen-bond acceptors (Lipinski definition) is 10. The number of benzene rings is 2. The largest absolute Gasteiger partial charge is 0.507 e. The summed E-state index contributed by atoms with van der Waals surface area (Å²) in [5.74, 6) is -1.81. The highest BCUT2D eigenvalue weighted by Gasteiger charge is 2.14. The molecule has 3 aromatic rings. The molecule has 6 N–H and O–H groups in total. The molecule has 1 aromatic heterocycles. The molecule has 0 aliphatic heterocycles. The van der Waals surface area contributed by atoms with Crippen molar-refractivity contribution in [3.05, 3.63) is 59.7 Å². The molecule has 0 saturated carbocycles. The zero-order valence-corrected chi connectivity index (χ0v) is 17.0. The molecule has 12 heteroatoms. The third-order valence-electron chi connectivity index (χ3n) is 3.92. The first-order chi connectivity index (χ1) is 15.5. The summed E-state index contributed by atoms with van der Waals surface area (Å²) in [4.78, 5) is 36.6. The maximum Gasteiger partial charge on any atom is 0.323 e. The van der Waals surface area contributed by atoms with Crippen LogP contribution in [0.5, 0.6) is 17.5 Å². The second-order valence-electron chi connectivity index (χ2n) is 6.31. The van der Waals surface area contributed by atoms with Gasteiger partial charge in [-0.15, -0.1) is 0 Å². The van der Waals surface area contributed by atoms with Crippen LogP contribution in [0.3, 0.4) is 0 Å². The first-order valence-electron chi connectivity index (χ1n) is 9.55. The van der Waals surface area contributed by atoms with Gasteiger partial charge in [-0.1, -0.05) is 31.2 Å². The van der Waals surface area contributed by atoms with E-state index < -0.39 is 11.8 Å². The molecular formula is C20H21N7O5. The first-order valence-corrected chi connectivity index (χ1v) is 9.55. The number of para-hydroxylation sites is 2. The minimum atomic E-state index is -0.623. The van der Waals surface area contributed by atoms with Crippen LogP contribution < -0.4 is 26.4 Å². The third-order valence-corrected chi connectivity index (χ3v) is 3.92. The topological polar surface area (TPSA) is 171 Å². The number of aromatic nitrogens is 3. The number of nitrogens with one attached hydrogen (secondary N) is 4. The molecule has 0 fully saturated rings. The van der Waals surface area contributed by atoms with Crippen molar-refractivity contribution in [1.29, 1.82) is 0 Å². The van der Waals surface area contributed by atoms with Crippen LogP contribution in [0, 0.1) is 0 Å². The Morgan fingerprint density at radius 2 is 1.28 bits per heavy atom. The van der Waals surface area contributed by atoms with Crippen molar-refractivity contribution in [2.45, 2.75) is 13.3 Å². The Kier molecular flexibility index (Phi) is 7.20. The predicted molar refractivity (Wildman–Crippen MR) is 114 cm³/mol. The Morgan fingerprint density at radius 1 is 0.812 bits per heavy atom. The second-order valence-corrected chi connectivity index (χ2v) is 6.31. The fraction of sp³-hybridized carbons (Fsp3) is 0.150. The van der Waals surface area contributed by atoms with Gasteiger partial charge >= 0.3 is 6.01 Å². The van der Waals surface area contributed by atoms with E-state index in [-0.39, 0.29) is 40.5 Å². The molecule has 0 bridgehead atoms. The number of aromatic hydroxyl groups is 2. The summed E-state index contributed by atoms with van der Waals surface area (Å²) in [6.07, 6.45) is 0.700.